The first-order valence-electron chi connectivity index (χ1n) is 25.6. The number of fused-ring (bicyclic) bond motifs is 1. The summed E-state index contributed by atoms with van der Waals surface area (Å²) in [6.45, 7) is 5.23. The Kier molecular flexibility index (Phi) is 11.4. The molecule has 0 amide bonds. The molecule has 0 nitrogen and oxygen atoms in total. The van der Waals surface area contributed by atoms with E-state index in [4.69, 9.17) is 0 Å². The molecule has 0 bridgehead atoms. The SMILES string of the molecule is C/C(=C\CC1CCCCC1C)C1CC(C2CC=CC2)C2CCC3C(C4CCCC5CCCCC54)CC(C4CCCCC4C4CCCCC4)C4C=CC1C2C43. The smallest absolute Gasteiger partial charge is 0.0134 e. The minimum Gasteiger partial charge on any atom is -0.0882 e. The lowest BCUT2D eigenvalue weighted by atomic mass is 9.39. The van der Waals surface area contributed by atoms with Crippen LogP contribution in [0.15, 0.2) is 36.0 Å². The quantitative estimate of drug-likeness (QED) is 0.229. The van der Waals surface area contributed by atoms with E-state index in [1.807, 2.05) is 5.57 Å². The lowest BCUT2D eigenvalue weighted by Crippen LogP contribution is -2.59. The third-order valence-electron chi connectivity index (χ3n) is 21.0. The molecule has 17 unspecified atom stereocenters. The highest BCUT2D eigenvalue weighted by Crippen LogP contribution is 2.68. The molecular weight excluding hydrogens is 649 g/mol. The fraction of sp³-hybridized carbons (Fsp3) is 0.889. The monoisotopic (exact) mass is 733 g/mol. The van der Waals surface area contributed by atoms with Crippen molar-refractivity contribution in [2.75, 3.05) is 0 Å². The zero-order chi connectivity index (χ0) is 36.2. The fourth-order valence-corrected chi connectivity index (χ4v) is 18.6. The van der Waals surface area contributed by atoms with Crippen LogP contribution < -0.4 is 0 Å². The first-order chi connectivity index (χ1) is 26.6. The third-order valence-corrected chi connectivity index (χ3v) is 21.0. The van der Waals surface area contributed by atoms with Crippen LogP contribution in [0.3, 0.4) is 0 Å². The molecule has 0 radical (unpaired) electrons. The minimum atomic E-state index is 0.813. The van der Waals surface area contributed by atoms with Crippen molar-refractivity contribution in [2.45, 2.75) is 187 Å². The fourth-order valence-electron chi connectivity index (χ4n) is 18.6. The van der Waals surface area contributed by atoms with Gasteiger partial charge in [-0.2, -0.15) is 0 Å². The van der Waals surface area contributed by atoms with Gasteiger partial charge < -0.3 is 0 Å². The summed E-state index contributed by atoms with van der Waals surface area (Å²) in [5, 5.41) is 0. The minimum absolute atomic E-state index is 0.813. The first kappa shape index (κ1) is 37.5. The molecule has 0 heterocycles. The van der Waals surface area contributed by atoms with Crippen molar-refractivity contribution in [3.63, 3.8) is 0 Å². The molecule has 10 aliphatic carbocycles. The molecule has 300 valence electrons. The maximum atomic E-state index is 3.04. The largest absolute Gasteiger partial charge is 0.0882 e. The van der Waals surface area contributed by atoms with Crippen LogP contribution >= 0.6 is 0 Å². The van der Waals surface area contributed by atoms with E-state index >= 15 is 0 Å². The van der Waals surface area contributed by atoms with E-state index < -0.39 is 0 Å². The predicted octanol–water partition coefficient (Wildman–Crippen LogP) is 15.4. The molecule has 0 aromatic heterocycles. The summed E-state index contributed by atoms with van der Waals surface area (Å²) in [5.74, 6) is 18.8. The van der Waals surface area contributed by atoms with Crippen molar-refractivity contribution in [2.24, 2.45) is 112 Å². The summed E-state index contributed by atoms with van der Waals surface area (Å²) >= 11 is 0. The predicted molar refractivity (Wildman–Crippen MR) is 229 cm³/mol. The van der Waals surface area contributed by atoms with Crippen LogP contribution in [0.25, 0.3) is 0 Å². The van der Waals surface area contributed by atoms with Crippen LogP contribution in [-0.2, 0) is 0 Å². The summed E-state index contributed by atoms with van der Waals surface area (Å²) in [6.07, 6.45) is 55.6. The van der Waals surface area contributed by atoms with Crippen LogP contribution in [0, 0.1) is 112 Å². The Morgan fingerprint density at radius 2 is 1.02 bits per heavy atom. The van der Waals surface area contributed by atoms with E-state index in [1.54, 1.807) is 103 Å². The second-order valence-corrected chi connectivity index (χ2v) is 22.9. The molecule has 0 spiro atoms. The van der Waals surface area contributed by atoms with Crippen LogP contribution in [-0.4, -0.2) is 0 Å². The zero-order valence-electron chi connectivity index (χ0n) is 35.4. The molecule has 0 saturated heterocycles. The van der Waals surface area contributed by atoms with Gasteiger partial charge in [0.1, 0.15) is 0 Å². The zero-order valence-corrected chi connectivity index (χ0v) is 35.4. The van der Waals surface area contributed by atoms with Crippen molar-refractivity contribution in [3.05, 3.63) is 36.0 Å². The summed E-state index contributed by atoms with van der Waals surface area (Å²) in [7, 11) is 0. The molecule has 10 aliphatic rings. The molecule has 0 N–H and O–H groups in total. The van der Waals surface area contributed by atoms with Gasteiger partial charge in [-0.25, -0.2) is 0 Å². The number of hydrogen-bond donors (Lipinski definition) is 0. The second-order valence-electron chi connectivity index (χ2n) is 22.9. The van der Waals surface area contributed by atoms with Gasteiger partial charge >= 0.3 is 0 Å². The van der Waals surface area contributed by atoms with E-state index in [-0.39, 0.29) is 0 Å². The molecule has 17 atom stereocenters. The van der Waals surface area contributed by atoms with E-state index in [1.165, 1.54) is 70.6 Å². The van der Waals surface area contributed by atoms with Gasteiger partial charge in [-0.1, -0.05) is 139 Å². The van der Waals surface area contributed by atoms with E-state index in [2.05, 4.69) is 44.2 Å². The maximum Gasteiger partial charge on any atom is -0.0134 e. The van der Waals surface area contributed by atoms with Gasteiger partial charge in [0.25, 0.3) is 0 Å². The Labute approximate surface area is 334 Å². The molecular formula is C54H84. The Balaban J connectivity index is 1.03. The van der Waals surface area contributed by atoms with E-state index in [0.29, 0.717) is 0 Å². The summed E-state index contributed by atoms with van der Waals surface area (Å²) in [4.78, 5) is 0. The highest BCUT2D eigenvalue weighted by atomic mass is 14.7. The lowest BCUT2D eigenvalue weighted by molar-refractivity contribution is -0.144. The third kappa shape index (κ3) is 6.96. The molecule has 54 heavy (non-hydrogen) atoms. The standard InChI is InChI=1S/C54H84/c1-35-15-6-7-16-37(35)28-27-36(2)49-33-50(40-20-8-9-21-40)46-30-32-48-52(44-26-14-22-39-19-10-11-23-42(39)44)34-51(47-31-29-45(49)53(46)54(47)48)43-25-13-12-24-41(43)38-17-4-3-5-18-38/h8-9,27,29,31,35,37-54H,3-7,10-26,28,30,32-34H2,1-2H3/b36-27+. The highest BCUT2D eigenvalue weighted by molar-refractivity contribution is 5.23. The van der Waals surface area contributed by atoms with Gasteiger partial charge in [0, 0.05) is 0 Å². The number of allylic oxidation sites excluding steroid dienone is 6. The summed E-state index contributed by atoms with van der Waals surface area (Å²) < 4.78 is 0. The molecule has 0 heteroatoms. The van der Waals surface area contributed by atoms with E-state index in [9.17, 15) is 0 Å². The molecule has 8 fully saturated rings. The van der Waals surface area contributed by atoms with Crippen molar-refractivity contribution < 1.29 is 0 Å². The molecule has 0 aliphatic heterocycles. The molecule has 8 saturated carbocycles. The van der Waals surface area contributed by atoms with Crippen LogP contribution in [0.4, 0.5) is 0 Å². The first-order valence-corrected chi connectivity index (χ1v) is 25.6. The number of hydrogen-bond acceptors (Lipinski definition) is 0. The molecule has 0 aromatic carbocycles. The van der Waals surface area contributed by atoms with Crippen molar-refractivity contribution in [1.29, 1.82) is 0 Å². The van der Waals surface area contributed by atoms with E-state index in [0.717, 1.165) is 112 Å². The Bertz CT molecular complexity index is 1330. The average molecular weight is 733 g/mol. The Morgan fingerprint density at radius 1 is 0.463 bits per heavy atom. The summed E-state index contributed by atoms with van der Waals surface area (Å²) in [6, 6.07) is 0. The topological polar surface area (TPSA) is 0 Å². The average Bonchev–Trinajstić information content (AvgIpc) is 3.77. The number of rotatable bonds is 7. The highest BCUT2D eigenvalue weighted by Gasteiger charge is 2.61. The van der Waals surface area contributed by atoms with Gasteiger partial charge in [0.15, 0.2) is 0 Å². The van der Waals surface area contributed by atoms with Gasteiger partial charge in [-0.15, -0.1) is 0 Å². The van der Waals surface area contributed by atoms with Crippen LogP contribution in [0.5, 0.6) is 0 Å². The van der Waals surface area contributed by atoms with Crippen molar-refractivity contribution in [3.8, 4) is 0 Å². The Morgan fingerprint density at radius 3 is 1.76 bits per heavy atom. The van der Waals surface area contributed by atoms with Crippen molar-refractivity contribution >= 4 is 0 Å². The maximum absolute atomic E-state index is 3.04. The van der Waals surface area contributed by atoms with Crippen molar-refractivity contribution in [1.82, 2.24) is 0 Å². The summed E-state index contributed by atoms with van der Waals surface area (Å²) in [5.41, 5.74) is 1.84. The van der Waals surface area contributed by atoms with Gasteiger partial charge in [-0.05, 0) is 196 Å². The Hall–Kier alpha value is -0.780. The second kappa shape index (κ2) is 16.5. The van der Waals surface area contributed by atoms with Gasteiger partial charge in [-0.3, -0.25) is 0 Å². The van der Waals surface area contributed by atoms with Gasteiger partial charge in [0.2, 0.25) is 0 Å². The normalized spacial score (nSPS) is 50.0. The van der Waals surface area contributed by atoms with Crippen LogP contribution in [0.2, 0.25) is 0 Å². The van der Waals surface area contributed by atoms with Gasteiger partial charge in [0.05, 0.1) is 0 Å². The molecule has 10 rings (SSSR count). The lowest BCUT2D eigenvalue weighted by Gasteiger charge is -2.65. The van der Waals surface area contributed by atoms with Crippen LogP contribution in [0.1, 0.15) is 187 Å². The molecule has 0 aromatic rings.